The van der Waals surface area contributed by atoms with E-state index in [1.165, 1.54) is 0 Å². The summed E-state index contributed by atoms with van der Waals surface area (Å²) in [7, 11) is 0. The first-order valence-corrected chi connectivity index (χ1v) is 9.04. The largest absolute Gasteiger partial charge is 0.481 e. The Balaban J connectivity index is 2.21. The van der Waals surface area contributed by atoms with E-state index >= 15 is 0 Å². The Morgan fingerprint density at radius 2 is 2.29 bits per heavy atom. The molecule has 1 rings (SSSR count). The molecule has 0 saturated heterocycles. The van der Waals surface area contributed by atoms with E-state index in [0.29, 0.717) is 18.6 Å². The summed E-state index contributed by atoms with van der Waals surface area (Å²) < 4.78 is 0. The lowest BCUT2D eigenvalue weighted by Gasteiger charge is -2.15. The molecule has 7 heteroatoms. The first kappa shape index (κ1) is 18.0. The third-order valence-corrected chi connectivity index (χ3v) is 4.63. The van der Waals surface area contributed by atoms with Gasteiger partial charge in [0.25, 0.3) is 0 Å². The highest BCUT2D eigenvalue weighted by Gasteiger charge is 2.14. The fourth-order valence-electron chi connectivity index (χ4n) is 1.90. The number of nitrogens with zero attached hydrogens (tertiary/aromatic N) is 1. The van der Waals surface area contributed by atoms with Crippen LogP contribution in [0.5, 0.6) is 0 Å². The number of aromatic nitrogens is 1. The maximum absolute atomic E-state index is 11.8. The Morgan fingerprint density at radius 1 is 1.52 bits per heavy atom. The molecule has 0 bridgehead atoms. The number of aliphatic carboxylic acids is 1. The van der Waals surface area contributed by atoms with Crippen LogP contribution in [-0.4, -0.2) is 33.8 Å². The molecular formula is C14H22N2O3S2. The SMILES string of the molecule is CCCC(CC(=O)O)NC(=O)CCSCc1csc(C)n1. The molecule has 1 aromatic heterocycles. The summed E-state index contributed by atoms with van der Waals surface area (Å²) >= 11 is 3.30. The van der Waals surface area contributed by atoms with Crippen LogP contribution in [-0.2, 0) is 15.3 Å². The van der Waals surface area contributed by atoms with E-state index < -0.39 is 5.97 Å². The second-order valence-electron chi connectivity index (χ2n) is 4.81. The van der Waals surface area contributed by atoms with Crippen LogP contribution in [0.2, 0.25) is 0 Å². The molecule has 1 amide bonds. The Bertz CT molecular complexity index is 463. The predicted octanol–water partition coefficient (Wildman–Crippen LogP) is 2.83. The highest BCUT2D eigenvalue weighted by atomic mass is 32.2. The van der Waals surface area contributed by atoms with Crippen LogP contribution in [0, 0.1) is 6.92 Å². The normalized spacial score (nSPS) is 12.1. The molecule has 1 aromatic rings. The van der Waals surface area contributed by atoms with Crippen LogP contribution < -0.4 is 5.32 Å². The number of carboxylic acid groups (broad SMARTS) is 1. The van der Waals surface area contributed by atoms with Gasteiger partial charge in [0.05, 0.1) is 17.1 Å². The second-order valence-corrected chi connectivity index (χ2v) is 6.98. The van der Waals surface area contributed by atoms with Gasteiger partial charge in [-0.05, 0) is 13.3 Å². The van der Waals surface area contributed by atoms with Crippen molar-refractivity contribution in [1.29, 1.82) is 0 Å². The number of thioether (sulfide) groups is 1. The van der Waals surface area contributed by atoms with Gasteiger partial charge in [-0.3, -0.25) is 9.59 Å². The average Bonchev–Trinajstić information content (AvgIpc) is 2.80. The second kappa shape index (κ2) is 9.78. The van der Waals surface area contributed by atoms with E-state index in [2.05, 4.69) is 10.3 Å². The van der Waals surface area contributed by atoms with Gasteiger partial charge in [0.1, 0.15) is 0 Å². The molecule has 118 valence electrons. The highest BCUT2D eigenvalue weighted by Crippen LogP contribution is 2.15. The molecule has 2 N–H and O–H groups in total. The molecule has 0 aromatic carbocycles. The molecule has 0 fully saturated rings. The zero-order valence-corrected chi connectivity index (χ0v) is 14.1. The monoisotopic (exact) mass is 330 g/mol. The van der Waals surface area contributed by atoms with Crippen molar-refractivity contribution in [3.63, 3.8) is 0 Å². The number of thiazole rings is 1. The Morgan fingerprint density at radius 3 is 2.86 bits per heavy atom. The van der Waals surface area contributed by atoms with Gasteiger partial charge in [0.2, 0.25) is 5.91 Å². The molecule has 1 heterocycles. The van der Waals surface area contributed by atoms with Gasteiger partial charge in [-0.25, -0.2) is 4.98 Å². The van der Waals surface area contributed by atoms with Gasteiger partial charge in [-0.1, -0.05) is 13.3 Å². The maximum Gasteiger partial charge on any atom is 0.305 e. The van der Waals surface area contributed by atoms with Gasteiger partial charge in [0, 0.05) is 29.3 Å². The first-order chi connectivity index (χ1) is 10.0. The van der Waals surface area contributed by atoms with Crippen LogP contribution in [0.15, 0.2) is 5.38 Å². The number of aryl methyl sites for hydroxylation is 1. The van der Waals surface area contributed by atoms with E-state index in [0.717, 1.165) is 22.9 Å². The molecule has 1 unspecified atom stereocenters. The number of carbonyl (C=O) groups excluding carboxylic acids is 1. The Hall–Kier alpha value is -1.08. The van der Waals surface area contributed by atoms with Crippen molar-refractivity contribution in [2.45, 2.75) is 51.3 Å². The summed E-state index contributed by atoms with van der Waals surface area (Å²) in [6, 6.07) is -0.258. The number of nitrogens with one attached hydrogen (secondary N) is 1. The van der Waals surface area contributed by atoms with Crippen molar-refractivity contribution in [2.75, 3.05) is 5.75 Å². The Kier molecular flexibility index (Phi) is 8.37. The van der Waals surface area contributed by atoms with Crippen molar-refractivity contribution < 1.29 is 14.7 Å². The molecule has 0 saturated carbocycles. The maximum atomic E-state index is 11.8. The number of hydrogen-bond acceptors (Lipinski definition) is 5. The van der Waals surface area contributed by atoms with Gasteiger partial charge in [0.15, 0.2) is 0 Å². The lowest BCUT2D eigenvalue weighted by atomic mass is 10.1. The van der Waals surface area contributed by atoms with Gasteiger partial charge in [-0.15, -0.1) is 11.3 Å². The predicted molar refractivity (Wildman–Crippen MR) is 86.7 cm³/mol. The number of rotatable bonds is 10. The molecule has 0 aliphatic carbocycles. The van der Waals surface area contributed by atoms with Crippen LogP contribution in [0.25, 0.3) is 0 Å². The van der Waals surface area contributed by atoms with E-state index in [9.17, 15) is 9.59 Å². The van der Waals surface area contributed by atoms with Crippen LogP contribution in [0.3, 0.4) is 0 Å². The van der Waals surface area contributed by atoms with E-state index in [-0.39, 0.29) is 18.4 Å². The van der Waals surface area contributed by atoms with Gasteiger partial charge >= 0.3 is 5.97 Å². The number of amides is 1. The first-order valence-electron chi connectivity index (χ1n) is 7.01. The van der Waals surface area contributed by atoms with Crippen LogP contribution in [0.4, 0.5) is 0 Å². The molecular weight excluding hydrogens is 308 g/mol. The molecule has 0 aliphatic rings. The number of carbonyl (C=O) groups is 2. The summed E-state index contributed by atoms with van der Waals surface area (Å²) in [6.45, 7) is 3.95. The van der Waals surface area contributed by atoms with Crippen molar-refractivity contribution >= 4 is 35.0 Å². The van der Waals surface area contributed by atoms with Crippen molar-refractivity contribution in [1.82, 2.24) is 10.3 Å². The summed E-state index contributed by atoms with van der Waals surface area (Å²) in [4.78, 5) is 26.9. The fourth-order valence-corrected chi connectivity index (χ4v) is 3.45. The highest BCUT2D eigenvalue weighted by molar-refractivity contribution is 7.98. The van der Waals surface area contributed by atoms with Crippen molar-refractivity contribution in [3.8, 4) is 0 Å². The number of carboxylic acids is 1. The topological polar surface area (TPSA) is 79.3 Å². The lowest BCUT2D eigenvalue weighted by Crippen LogP contribution is -2.36. The molecule has 21 heavy (non-hydrogen) atoms. The van der Waals surface area contributed by atoms with E-state index in [1.807, 2.05) is 19.2 Å². The van der Waals surface area contributed by atoms with Crippen LogP contribution in [0.1, 0.15) is 43.3 Å². The quantitative estimate of drug-likeness (QED) is 0.645. The third-order valence-electron chi connectivity index (χ3n) is 2.81. The molecule has 0 radical (unpaired) electrons. The standard InChI is InChI=1S/C14H22N2O3S2/c1-3-4-11(7-14(18)19)16-13(17)5-6-20-8-12-9-21-10(2)15-12/h9,11H,3-8H2,1-2H3,(H,16,17)(H,18,19). The summed E-state index contributed by atoms with van der Waals surface area (Å²) in [6.07, 6.45) is 1.96. The van der Waals surface area contributed by atoms with E-state index in [1.54, 1.807) is 23.1 Å². The average molecular weight is 330 g/mol. The third kappa shape index (κ3) is 8.06. The fraction of sp³-hybridized carbons (Fsp3) is 0.643. The molecule has 1 atom stereocenters. The number of hydrogen-bond donors (Lipinski definition) is 2. The molecule has 0 spiro atoms. The summed E-state index contributed by atoms with van der Waals surface area (Å²) in [5.41, 5.74) is 1.05. The minimum Gasteiger partial charge on any atom is -0.481 e. The van der Waals surface area contributed by atoms with Gasteiger partial charge < -0.3 is 10.4 Å². The van der Waals surface area contributed by atoms with Crippen molar-refractivity contribution in [2.24, 2.45) is 0 Å². The minimum absolute atomic E-state index is 0.00910. The smallest absolute Gasteiger partial charge is 0.305 e. The summed E-state index contributed by atoms with van der Waals surface area (Å²) in [5, 5.41) is 14.7. The van der Waals surface area contributed by atoms with E-state index in [4.69, 9.17) is 5.11 Å². The molecule has 0 aliphatic heterocycles. The van der Waals surface area contributed by atoms with Gasteiger partial charge in [-0.2, -0.15) is 11.8 Å². The summed E-state index contributed by atoms with van der Waals surface area (Å²) in [5.74, 6) is 0.582. The van der Waals surface area contributed by atoms with Crippen LogP contribution >= 0.6 is 23.1 Å². The Labute approximate surface area is 133 Å². The molecule has 5 nitrogen and oxygen atoms in total. The lowest BCUT2D eigenvalue weighted by molar-refractivity contribution is -0.137. The zero-order chi connectivity index (χ0) is 15.7. The zero-order valence-electron chi connectivity index (χ0n) is 12.4. The minimum atomic E-state index is -0.873. The van der Waals surface area contributed by atoms with Crippen molar-refractivity contribution in [3.05, 3.63) is 16.1 Å².